The Morgan fingerprint density at radius 3 is 2.62 bits per heavy atom. The van der Waals surface area contributed by atoms with Crippen molar-refractivity contribution in [3.8, 4) is 0 Å². The molecule has 8 heteroatoms. The van der Waals surface area contributed by atoms with Crippen molar-refractivity contribution in [3.05, 3.63) is 29.5 Å². The van der Waals surface area contributed by atoms with E-state index in [0.717, 1.165) is 42.9 Å². The van der Waals surface area contributed by atoms with Gasteiger partial charge in [-0.05, 0) is 18.2 Å². The number of fused-ring (bicyclic) bond motifs is 1. The SMILES string of the molecule is O=C(CN1CCN(c2ncnc3cc(Cl)ccc23)CC1)N1CCOCC1. The predicted molar refractivity (Wildman–Crippen MR) is 101 cm³/mol. The van der Waals surface area contributed by atoms with E-state index >= 15 is 0 Å². The number of amides is 1. The van der Waals surface area contributed by atoms with Gasteiger partial charge < -0.3 is 14.5 Å². The summed E-state index contributed by atoms with van der Waals surface area (Å²) in [5, 5.41) is 1.68. The number of piperazine rings is 1. The van der Waals surface area contributed by atoms with E-state index in [9.17, 15) is 4.79 Å². The highest BCUT2D eigenvalue weighted by atomic mass is 35.5. The van der Waals surface area contributed by atoms with Crippen LogP contribution in [0.3, 0.4) is 0 Å². The molecule has 0 saturated carbocycles. The minimum Gasteiger partial charge on any atom is -0.378 e. The van der Waals surface area contributed by atoms with Crippen LogP contribution >= 0.6 is 11.6 Å². The number of carbonyl (C=O) groups is 1. The number of benzene rings is 1. The van der Waals surface area contributed by atoms with E-state index in [2.05, 4.69) is 19.8 Å². The normalized spacial score (nSPS) is 19.1. The van der Waals surface area contributed by atoms with Crippen molar-refractivity contribution in [2.45, 2.75) is 0 Å². The summed E-state index contributed by atoms with van der Waals surface area (Å²) >= 11 is 6.06. The van der Waals surface area contributed by atoms with E-state index < -0.39 is 0 Å². The van der Waals surface area contributed by atoms with E-state index in [-0.39, 0.29) is 5.91 Å². The van der Waals surface area contributed by atoms with Crippen LogP contribution in [0.4, 0.5) is 5.82 Å². The maximum Gasteiger partial charge on any atom is 0.236 e. The maximum atomic E-state index is 12.4. The van der Waals surface area contributed by atoms with Crippen molar-refractivity contribution in [2.75, 3.05) is 63.9 Å². The molecule has 2 fully saturated rings. The first-order valence-electron chi connectivity index (χ1n) is 8.94. The summed E-state index contributed by atoms with van der Waals surface area (Å²) in [5.74, 6) is 1.13. The Bertz CT molecular complexity index is 788. The second-order valence-corrected chi connectivity index (χ2v) is 7.05. The maximum absolute atomic E-state index is 12.4. The molecule has 26 heavy (non-hydrogen) atoms. The van der Waals surface area contributed by atoms with Crippen LogP contribution < -0.4 is 4.90 Å². The third-order valence-corrected chi connectivity index (χ3v) is 5.21. The first-order valence-corrected chi connectivity index (χ1v) is 9.31. The lowest BCUT2D eigenvalue weighted by Crippen LogP contribution is -2.51. The lowest BCUT2D eigenvalue weighted by molar-refractivity contribution is -0.136. The van der Waals surface area contributed by atoms with Gasteiger partial charge >= 0.3 is 0 Å². The number of nitrogens with zero attached hydrogens (tertiary/aromatic N) is 5. The van der Waals surface area contributed by atoms with Gasteiger partial charge in [-0.3, -0.25) is 9.69 Å². The van der Waals surface area contributed by atoms with E-state index in [4.69, 9.17) is 16.3 Å². The van der Waals surface area contributed by atoms with Gasteiger partial charge in [0.15, 0.2) is 0 Å². The minimum atomic E-state index is 0.198. The van der Waals surface area contributed by atoms with E-state index in [1.807, 2.05) is 23.1 Å². The van der Waals surface area contributed by atoms with Gasteiger partial charge in [-0.25, -0.2) is 9.97 Å². The number of carbonyl (C=O) groups excluding carboxylic acids is 1. The molecule has 0 atom stereocenters. The fourth-order valence-corrected chi connectivity index (χ4v) is 3.66. The molecule has 0 N–H and O–H groups in total. The smallest absolute Gasteiger partial charge is 0.236 e. The molecule has 3 heterocycles. The molecular formula is C18H22ClN5O2. The number of anilines is 1. The fourth-order valence-electron chi connectivity index (χ4n) is 3.49. The first-order chi connectivity index (χ1) is 12.7. The number of aromatic nitrogens is 2. The van der Waals surface area contributed by atoms with Crippen molar-refractivity contribution < 1.29 is 9.53 Å². The summed E-state index contributed by atoms with van der Waals surface area (Å²) in [6.07, 6.45) is 1.59. The zero-order chi connectivity index (χ0) is 17.9. The second kappa shape index (κ2) is 7.73. The monoisotopic (exact) mass is 375 g/mol. The number of rotatable bonds is 3. The Hall–Kier alpha value is -1.96. The van der Waals surface area contributed by atoms with Gasteiger partial charge in [0.1, 0.15) is 12.1 Å². The number of halogens is 1. The zero-order valence-electron chi connectivity index (χ0n) is 14.6. The molecule has 4 rings (SSSR count). The van der Waals surface area contributed by atoms with Crippen LogP contribution in [0, 0.1) is 0 Å². The average Bonchev–Trinajstić information content (AvgIpc) is 2.68. The summed E-state index contributed by atoms with van der Waals surface area (Å²) < 4.78 is 5.31. The molecule has 7 nitrogen and oxygen atoms in total. The molecular weight excluding hydrogens is 354 g/mol. The molecule has 0 radical (unpaired) electrons. The number of hydrogen-bond acceptors (Lipinski definition) is 6. The van der Waals surface area contributed by atoms with Crippen LogP contribution in [0.25, 0.3) is 10.9 Å². The molecule has 0 aliphatic carbocycles. The van der Waals surface area contributed by atoms with Crippen LogP contribution in [0.15, 0.2) is 24.5 Å². The molecule has 138 valence electrons. The molecule has 0 unspecified atom stereocenters. The Morgan fingerprint density at radius 1 is 1.08 bits per heavy atom. The van der Waals surface area contributed by atoms with Gasteiger partial charge in [0, 0.05) is 49.7 Å². The molecule has 2 saturated heterocycles. The minimum absolute atomic E-state index is 0.198. The summed E-state index contributed by atoms with van der Waals surface area (Å²) in [7, 11) is 0. The summed E-state index contributed by atoms with van der Waals surface area (Å²) in [6, 6.07) is 5.70. The average molecular weight is 376 g/mol. The Morgan fingerprint density at radius 2 is 1.85 bits per heavy atom. The van der Waals surface area contributed by atoms with E-state index in [0.29, 0.717) is 37.9 Å². The molecule has 2 aliphatic rings. The highest BCUT2D eigenvalue weighted by Gasteiger charge is 2.24. The highest BCUT2D eigenvalue weighted by molar-refractivity contribution is 6.31. The fraction of sp³-hybridized carbons (Fsp3) is 0.500. The molecule has 0 bridgehead atoms. The molecule has 0 spiro atoms. The summed E-state index contributed by atoms with van der Waals surface area (Å²) in [4.78, 5) is 27.6. The molecule has 1 amide bonds. The number of morpholine rings is 1. The third kappa shape index (κ3) is 3.75. The van der Waals surface area contributed by atoms with Crippen LogP contribution in [0.5, 0.6) is 0 Å². The van der Waals surface area contributed by atoms with Crippen molar-refractivity contribution in [3.63, 3.8) is 0 Å². The van der Waals surface area contributed by atoms with E-state index in [1.165, 1.54) is 0 Å². The van der Waals surface area contributed by atoms with Crippen LogP contribution in [-0.2, 0) is 9.53 Å². The van der Waals surface area contributed by atoms with Gasteiger partial charge in [0.05, 0.1) is 25.3 Å². The molecule has 2 aromatic rings. The molecule has 2 aliphatic heterocycles. The lowest BCUT2D eigenvalue weighted by atomic mass is 10.2. The third-order valence-electron chi connectivity index (χ3n) is 4.97. The largest absolute Gasteiger partial charge is 0.378 e. The first kappa shape index (κ1) is 17.5. The molecule has 1 aromatic carbocycles. The van der Waals surface area contributed by atoms with Gasteiger partial charge in [0.2, 0.25) is 5.91 Å². The van der Waals surface area contributed by atoms with Crippen molar-refractivity contribution in [1.82, 2.24) is 19.8 Å². The quantitative estimate of drug-likeness (QED) is 0.805. The van der Waals surface area contributed by atoms with Gasteiger partial charge in [-0.1, -0.05) is 11.6 Å². The van der Waals surface area contributed by atoms with Gasteiger partial charge in [0.25, 0.3) is 0 Å². The number of hydrogen-bond donors (Lipinski definition) is 0. The lowest BCUT2D eigenvalue weighted by Gasteiger charge is -2.36. The van der Waals surface area contributed by atoms with E-state index in [1.54, 1.807) is 6.33 Å². The van der Waals surface area contributed by atoms with Crippen LogP contribution in [0.2, 0.25) is 5.02 Å². The molecule has 1 aromatic heterocycles. The van der Waals surface area contributed by atoms with Crippen molar-refractivity contribution in [1.29, 1.82) is 0 Å². The second-order valence-electron chi connectivity index (χ2n) is 6.62. The Balaban J connectivity index is 1.38. The Kier molecular flexibility index (Phi) is 5.19. The van der Waals surface area contributed by atoms with Crippen molar-refractivity contribution >= 4 is 34.2 Å². The topological polar surface area (TPSA) is 61.8 Å². The van der Waals surface area contributed by atoms with Gasteiger partial charge in [-0.15, -0.1) is 0 Å². The van der Waals surface area contributed by atoms with Crippen LogP contribution in [0.1, 0.15) is 0 Å². The summed E-state index contributed by atoms with van der Waals surface area (Å²) in [5.41, 5.74) is 0.854. The number of ether oxygens (including phenoxy) is 1. The van der Waals surface area contributed by atoms with Gasteiger partial charge in [-0.2, -0.15) is 0 Å². The standard InChI is InChI=1S/C18H22ClN5O2/c19-14-1-2-15-16(11-14)20-13-21-18(15)24-5-3-22(4-6-24)12-17(25)23-7-9-26-10-8-23/h1-2,11,13H,3-10,12H2. The predicted octanol–water partition coefficient (Wildman–Crippen LogP) is 1.26. The summed E-state index contributed by atoms with van der Waals surface area (Å²) in [6.45, 7) is 6.53. The highest BCUT2D eigenvalue weighted by Crippen LogP contribution is 2.26. The van der Waals surface area contributed by atoms with Crippen molar-refractivity contribution in [2.24, 2.45) is 0 Å². The Labute approximate surface area is 157 Å². The zero-order valence-corrected chi connectivity index (χ0v) is 15.4. The van der Waals surface area contributed by atoms with Crippen LogP contribution in [-0.4, -0.2) is 84.7 Å².